The molecule has 1 aliphatic carbocycles. The molecule has 29 heavy (non-hydrogen) atoms. The molecular weight excluding hydrogens is 378 g/mol. The first-order valence-electron chi connectivity index (χ1n) is 10.4. The molecule has 0 N–H and O–H groups in total. The second-order valence-electron chi connectivity index (χ2n) is 7.84. The molecule has 5 heteroatoms. The minimum absolute atomic E-state index is 0.137. The van der Waals surface area contributed by atoms with E-state index in [9.17, 15) is 4.79 Å². The van der Waals surface area contributed by atoms with Crippen LogP contribution in [0, 0.1) is 0 Å². The zero-order valence-electron chi connectivity index (χ0n) is 16.5. The number of thiazole rings is 1. The van der Waals surface area contributed by atoms with E-state index in [1.807, 2.05) is 58.7 Å². The van der Waals surface area contributed by atoms with Crippen molar-refractivity contribution in [3.05, 3.63) is 75.7 Å². The van der Waals surface area contributed by atoms with Gasteiger partial charge in [-0.25, -0.2) is 4.98 Å². The van der Waals surface area contributed by atoms with Gasteiger partial charge in [-0.2, -0.15) is 0 Å². The quantitative estimate of drug-likeness (QED) is 0.653. The van der Waals surface area contributed by atoms with Crippen molar-refractivity contribution >= 4 is 17.2 Å². The first-order valence-corrected chi connectivity index (χ1v) is 11.2. The molecule has 0 spiro atoms. The lowest BCUT2D eigenvalue weighted by molar-refractivity contribution is 0.0628. The second kappa shape index (κ2) is 8.09. The Morgan fingerprint density at radius 3 is 2.34 bits per heavy atom. The maximum Gasteiger partial charge on any atom is 0.253 e. The van der Waals surface area contributed by atoms with Crippen molar-refractivity contribution in [2.45, 2.75) is 25.8 Å². The summed E-state index contributed by atoms with van der Waals surface area (Å²) in [6.07, 6.45) is 3.62. The second-order valence-corrected chi connectivity index (χ2v) is 9.01. The van der Waals surface area contributed by atoms with Gasteiger partial charge in [-0.15, -0.1) is 11.3 Å². The lowest BCUT2D eigenvalue weighted by Crippen LogP contribution is -2.48. The Labute approximate surface area is 175 Å². The van der Waals surface area contributed by atoms with Crippen LogP contribution in [0.1, 0.15) is 32.4 Å². The predicted molar refractivity (Wildman–Crippen MR) is 117 cm³/mol. The van der Waals surface area contributed by atoms with Gasteiger partial charge in [0.25, 0.3) is 5.91 Å². The molecule has 4 nitrogen and oxygen atoms in total. The van der Waals surface area contributed by atoms with Gasteiger partial charge in [0.1, 0.15) is 5.01 Å². The summed E-state index contributed by atoms with van der Waals surface area (Å²) in [5.74, 6) is 0.137. The summed E-state index contributed by atoms with van der Waals surface area (Å²) < 4.78 is 0. The largest absolute Gasteiger partial charge is 0.336 e. The van der Waals surface area contributed by atoms with Crippen LogP contribution >= 0.6 is 11.3 Å². The van der Waals surface area contributed by atoms with Crippen molar-refractivity contribution in [2.75, 3.05) is 26.2 Å². The molecule has 0 atom stereocenters. The highest BCUT2D eigenvalue weighted by Gasteiger charge is 2.24. The van der Waals surface area contributed by atoms with E-state index in [2.05, 4.69) is 17.0 Å². The number of nitrogens with zero attached hydrogens (tertiary/aromatic N) is 3. The number of piperazine rings is 1. The van der Waals surface area contributed by atoms with Crippen molar-refractivity contribution in [3.8, 4) is 11.1 Å². The van der Waals surface area contributed by atoms with Gasteiger partial charge in [-0.3, -0.25) is 9.69 Å². The van der Waals surface area contributed by atoms with E-state index in [1.165, 1.54) is 34.0 Å². The summed E-state index contributed by atoms with van der Waals surface area (Å²) in [6.45, 7) is 4.32. The van der Waals surface area contributed by atoms with E-state index >= 15 is 0 Å². The van der Waals surface area contributed by atoms with Crippen LogP contribution in [0.3, 0.4) is 0 Å². The molecule has 1 aromatic heterocycles. The summed E-state index contributed by atoms with van der Waals surface area (Å²) in [5, 5.41) is 1.24. The normalized spacial score (nSPS) is 16.8. The molecule has 1 fully saturated rings. The smallest absolute Gasteiger partial charge is 0.253 e. The maximum absolute atomic E-state index is 12.9. The van der Waals surface area contributed by atoms with Gasteiger partial charge in [0.05, 0.1) is 12.2 Å². The maximum atomic E-state index is 12.9. The molecule has 0 unspecified atom stereocenters. The molecule has 2 heterocycles. The van der Waals surface area contributed by atoms with Gasteiger partial charge < -0.3 is 4.90 Å². The number of aromatic nitrogens is 1. The molecule has 0 bridgehead atoms. The summed E-state index contributed by atoms with van der Waals surface area (Å²) >= 11 is 1.89. The number of hydrogen-bond donors (Lipinski definition) is 0. The fourth-order valence-electron chi connectivity index (χ4n) is 4.23. The Bertz CT molecular complexity index is 967. The Morgan fingerprint density at radius 2 is 1.62 bits per heavy atom. The van der Waals surface area contributed by atoms with Crippen LogP contribution in [0.2, 0.25) is 0 Å². The average Bonchev–Trinajstić information content (AvgIpc) is 3.36. The van der Waals surface area contributed by atoms with Crippen molar-refractivity contribution in [2.24, 2.45) is 0 Å². The zero-order valence-corrected chi connectivity index (χ0v) is 17.3. The fraction of sp³-hybridized carbons (Fsp3) is 0.333. The first-order chi connectivity index (χ1) is 14.3. The molecule has 1 amide bonds. The number of amides is 1. The first kappa shape index (κ1) is 18.5. The van der Waals surface area contributed by atoms with Gasteiger partial charge in [-0.05, 0) is 42.5 Å². The predicted octanol–water partition coefficient (Wildman–Crippen LogP) is 4.26. The SMILES string of the molecule is O=C(c1ccc(-c2ccccc2)cc1)N1CCN(Cc2nc3c(s2)CCC3)CC1. The number of carbonyl (C=O) groups excluding carboxylic acids is 1. The standard InChI is InChI=1S/C24H25N3OS/c28-24(20-11-9-19(10-12-20)18-5-2-1-3-6-18)27-15-13-26(14-16-27)17-23-25-21-7-4-8-22(21)29-23/h1-3,5-6,9-12H,4,7-8,13-17H2. The van der Waals surface area contributed by atoms with Crippen LogP contribution in [-0.2, 0) is 19.4 Å². The van der Waals surface area contributed by atoms with Gasteiger partial charge in [-0.1, -0.05) is 42.5 Å². The summed E-state index contributed by atoms with van der Waals surface area (Å²) in [7, 11) is 0. The minimum atomic E-state index is 0.137. The Morgan fingerprint density at radius 1 is 0.897 bits per heavy atom. The zero-order chi connectivity index (χ0) is 19.6. The third kappa shape index (κ3) is 3.98. The third-order valence-corrected chi connectivity index (χ3v) is 7.04. The number of carbonyl (C=O) groups is 1. The molecule has 5 rings (SSSR count). The molecular formula is C24H25N3OS. The number of fused-ring (bicyclic) bond motifs is 1. The van der Waals surface area contributed by atoms with E-state index in [4.69, 9.17) is 4.98 Å². The van der Waals surface area contributed by atoms with Crippen LogP contribution < -0.4 is 0 Å². The number of rotatable bonds is 4. The van der Waals surface area contributed by atoms with E-state index in [-0.39, 0.29) is 5.91 Å². The average molecular weight is 404 g/mol. The lowest BCUT2D eigenvalue weighted by Gasteiger charge is -2.34. The Hall–Kier alpha value is -2.50. The van der Waals surface area contributed by atoms with Gasteiger partial charge in [0.2, 0.25) is 0 Å². The highest BCUT2D eigenvalue weighted by atomic mass is 32.1. The molecule has 2 aliphatic rings. The highest BCUT2D eigenvalue weighted by Crippen LogP contribution is 2.28. The molecule has 0 saturated carbocycles. The molecule has 0 radical (unpaired) electrons. The Balaban J connectivity index is 1.17. The van der Waals surface area contributed by atoms with E-state index in [0.717, 1.165) is 50.3 Å². The van der Waals surface area contributed by atoms with Crippen molar-refractivity contribution in [1.29, 1.82) is 0 Å². The summed E-state index contributed by atoms with van der Waals surface area (Å²) in [6, 6.07) is 18.3. The van der Waals surface area contributed by atoms with Crippen LogP contribution in [-0.4, -0.2) is 46.9 Å². The van der Waals surface area contributed by atoms with Crippen molar-refractivity contribution < 1.29 is 4.79 Å². The number of aryl methyl sites for hydroxylation is 2. The number of hydrogen-bond acceptors (Lipinski definition) is 4. The third-order valence-electron chi connectivity index (χ3n) is 5.90. The van der Waals surface area contributed by atoms with E-state index in [1.54, 1.807) is 0 Å². The lowest BCUT2D eigenvalue weighted by atomic mass is 10.0. The minimum Gasteiger partial charge on any atom is -0.336 e. The molecule has 1 aliphatic heterocycles. The topological polar surface area (TPSA) is 36.4 Å². The van der Waals surface area contributed by atoms with Crippen LogP contribution in [0.4, 0.5) is 0 Å². The molecule has 148 valence electrons. The van der Waals surface area contributed by atoms with Gasteiger partial charge in [0.15, 0.2) is 0 Å². The van der Waals surface area contributed by atoms with Crippen LogP contribution in [0.15, 0.2) is 54.6 Å². The van der Waals surface area contributed by atoms with Crippen molar-refractivity contribution in [1.82, 2.24) is 14.8 Å². The van der Waals surface area contributed by atoms with Crippen LogP contribution in [0.5, 0.6) is 0 Å². The van der Waals surface area contributed by atoms with E-state index in [0.29, 0.717) is 0 Å². The summed E-state index contributed by atoms with van der Waals surface area (Å²) in [5.41, 5.74) is 4.42. The monoisotopic (exact) mass is 403 g/mol. The molecule has 2 aromatic carbocycles. The van der Waals surface area contributed by atoms with Crippen LogP contribution in [0.25, 0.3) is 11.1 Å². The van der Waals surface area contributed by atoms with Crippen molar-refractivity contribution in [3.63, 3.8) is 0 Å². The summed E-state index contributed by atoms with van der Waals surface area (Å²) in [4.78, 5) is 23.6. The highest BCUT2D eigenvalue weighted by molar-refractivity contribution is 7.11. The van der Waals surface area contributed by atoms with Gasteiger partial charge >= 0.3 is 0 Å². The molecule has 3 aromatic rings. The fourth-order valence-corrected chi connectivity index (χ4v) is 5.43. The van der Waals surface area contributed by atoms with E-state index < -0.39 is 0 Å². The molecule has 1 saturated heterocycles. The Kier molecular flexibility index (Phi) is 5.17. The number of benzene rings is 2. The van der Waals surface area contributed by atoms with Gasteiger partial charge in [0, 0.05) is 36.6 Å².